The molecule has 0 bridgehead atoms. The molecule has 0 amide bonds. The van der Waals surface area contributed by atoms with Gasteiger partial charge in [0.15, 0.2) is 52.4 Å². The molecular weight excluding hydrogens is 1840 g/mol. The zero-order chi connectivity index (χ0) is 97.5. The summed E-state index contributed by atoms with van der Waals surface area (Å²) in [5.74, 6) is 5.85. The lowest BCUT2D eigenvalue weighted by Gasteiger charge is -2.11. The second kappa shape index (κ2) is 39.0. The summed E-state index contributed by atoms with van der Waals surface area (Å²) in [5, 5.41) is 15.6. The number of nitrogens with zero attached hydrogens (tertiary/aromatic N) is 9. The van der Waals surface area contributed by atoms with Gasteiger partial charge in [-0.2, -0.15) is 0 Å². The van der Waals surface area contributed by atoms with E-state index < -0.39 is 0 Å². The van der Waals surface area contributed by atoms with Crippen LogP contribution in [-0.2, 0) is 0 Å². The maximum absolute atomic E-state index is 5.08. The van der Waals surface area contributed by atoms with Crippen LogP contribution in [0.4, 0.5) is 0 Å². The summed E-state index contributed by atoms with van der Waals surface area (Å²) in [6.07, 6.45) is 0. The average Bonchev–Trinajstić information content (AvgIpc) is 1.62. The molecule has 688 valence electrons. The molecule has 0 radical (unpaired) electrons. The van der Waals surface area contributed by atoms with Crippen LogP contribution in [0.5, 0.6) is 0 Å². The lowest BCUT2D eigenvalue weighted by molar-refractivity contribution is 1.07. The summed E-state index contributed by atoms with van der Waals surface area (Å²) in [5.41, 5.74) is 24.9. The molecule has 0 saturated carbocycles. The van der Waals surface area contributed by atoms with Gasteiger partial charge in [-0.05, 0) is 137 Å². The van der Waals surface area contributed by atoms with E-state index in [0.717, 1.165) is 94.6 Å². The first-order chi connectivity index (χ1) is 72.8. The van der Waals surface area contributed by atoms with Gasteiger partial charge in [0.2, 0.25) is 0 Å². The smallest absolute Gasteiger partial charge is 0.164 e. The molecule has 147 heavy (non-hydrogen) atoms. The van der Waals surface area contributed by atoms with E-state index >= 15 is 0 Å². The van der Waals surface area contributed by atoms with E-state index in [-0.39, 0.29) is 0 Å². The monoisotopic (exact) mass is 1930 g/mol. The van der Waals surface area contributed by atoms with Crippen LogP contribution in [0.2, 0.25) is 0 Å². The number of hydrogen-bond donors (Lipinski definition) is 0. The predicted molar refractivity (Wildman–Crippen MR) is 618 cm³/mol. The minimum atomic E-state index is 0.641. The van der Waals surface area contributed by atoms with Gasteiger partial charge >= 0.3 is 0 Å². The fourth-order valence-corrected chi connectivity index (χ4v) is 23.8. The maximum atomic E-state index is 5.08. The van der Waals surface area contributed by atoms with Crippen LogP contribution in [-0.4, -0.2) is 44.9 Å². The topological polar surface area (TPSA) is 116 Å². The molecule has 28 aromatic rings. The van der Waals surface area contributed by atoms with Crippen molar-refractivity contribution in [2.75, 3.05) is 0 Å². The zero-order valence-electron chi connectivity index (χ0n) is 79.3. The third-order valence-corrected chi connectivity index (χ3v) is 31.1. The summed E-state index contributed by atoms with van der Waals surface area (Å²) >= 11 is 5.62. The van der Waals surface area contributed by atoms with Gasteiger partial charge in [0.1, 0.15) is 0 Å². The van der Waals surface area contributed by atoms with Crippen molar-refractivity contribution in [3.8, 4) is 180 Å². The highest BCUT2D eigenvalue weighted by atomic mass is 32.1. The molecule has 6 heterocycles. The van der Waals surface area contributed by atoms with E-state index in [1.165, 1.54) is 126 Å². The van der Waals surface area contributed by atoms with Crippen LogP contribution in [0.15, 0.2) is 516 Å². The molecule has 28 rings (SSSR count). The van der Waals surface area contributed by atoms with Crippen molar-refractivity contribution in [2.24, 2.45) is 0 Å². The largest absolute Gasteiger partial charge is 0.208 e. The Morgan fingerprint density at radius 3 is 0.714 bits per heavy atom. The number of fused-ring (bicyclic) bond motifs is 15. The average molecular weight is 1930 g/mol. The highest BCUT2D eigenvalue weighted by molar-refractivity contribution is 7.27. The molecular formula is C135H85N9S3. The Balaban J connectivity index is 0.000000112. The fourth-order valence-electron chi connectivity index (χ4n) is 20.1. The van der Waals surface area contributed by atoms with Crippen molar-refractivity contribution in [1.29, 1.82) is 0 Å². The highest BCUT2D eigenvalue weighted by Crippen LogP contribution is 2.48. The van der Waals surface area contributed by atoms with E-state index in [1.807, 2.05) is 167 Å². The maximum Gasteiger partial charge on any atom is 0.164 e. The molecule has 22 aromatic carbocycles. The Hall–Kier alpha value is -18.7. The van der Waals surface area contributed by atoms with Crippen LogP contribution >= 0.6 is 34.0 Å². The summed E-state index contributed by atoms with van der Waals surface area (Å²) in [4.78, 5) is 44.8. The van der Waals surface area contributed by atoms with Crippen LogP contribution in [0.3, 0.4) is 0 Å². The van der Waals surface area contributed by atoms with E-state index in [2.05, 4.69) is 382 Å². The van der Waals surface area contributed by atoms with E-state index in [0.29, 0.717) is 52.4 Å². The Bertz CT molecular complexity index is 9780. The number of thiophene rings is 3. The lowest BCUT2D eigenvalue weighted by Crippen LogP contribution is -2.00. The van der Waals surface area contributed by atoms with E-state index in [9.17, 15) is 0 Å². The quantitative estimate of drug-likeness (QED) is 0.0932. The molecule has 9 nitrogen and oxygen atoms in total. The number of aromatic nitrogens is 9. The van der Waals surface area contributed by atoms with Gasteiger partial charge in [-0.1, -0.05) is 473 Å². The normalized spacial score (nSPS) is 11.4. The van der Waals surface area contributed by atoms with Gasteiger partial charge in [-0.3, -0.25) is 0 Å². The Labute approximate surface area is 861 Å². The number of rotatable bonds is 16. The minimum Gasteiger partial charge on any atom is -0.208 e. The van der Waals surface area contributed by atoms with Crippen LogP contribution < -0.4 is 0 Å². The Kier molecular flexibility index (Phi) is 23.5. The first-order valence-corrected chi connectivity index (χ1v) is 51.6. The summed E-state index contributed by atoms with van der Waals surface area (Å²) in [6, 6.07) is 181. The molecule has 0 aliphatic rings. The first kappa shape index (κ1) is 88.5. The molecule has 0 atom stereocenters. The van der Waals surface area contributed by atoms with E-state index in [1.54, 1.807) is 0 Å². The van der Waals surface area contributed by atoms with Gasteiger partial charge in [0.25, 0.3) is 0 Å². The Morgan fingerprint density at radius 1 is 0.116 bits per heavy atom. The number of hydrogen-bond acceptors (Lipinski definition) is 12. The SMILES string of the molecule is c1ccc(-c2ccc(-c3cccc(-c4nc(-c5ccccc5)nc(-c5ccc(-c6cccc7ccc8c9ccccc9sc8c67)cc5)n4)c3)cc2)cc1.c1ccc(-c2cccc(-c3nc(-c4ccccc4)nc(-c4ccc(-c5cccc6c5ccc5c7ccccc7sc65)cc4)n3)c2)cc1.c1ccc(-c2nc(-c3ccccc3)nc(-c3cccc(-c4cccc(-c5cccc6c5ccc5c7ccccc7sc65)c4)c3)n2)cc1. The molecule has 6 aromatic heterocycles. The summed E-state index contributed by atoms with van der Waals surface area (Å²) in [6.45, 7) is 0. The molecule has 0 N–H and O–H groups in total. The number of benzene rings is 22. The third-order valence-electron chi connectivity index (χ3n) is 27.4. The molecule has 0 saturated heterocycles. The summed E-state index contributed by atoms with van der Waals surface area (Å²) < 4.78 is 7.97. The van der Waals surface area contributed by atoms with Crippen molar-refractivity contribution in [3.63, 3.8) is 0 Å². The predicted octanol–water partition coefficient (Wildman–Crippen LogP) is 36.9. The van der Waals surface area contributed by atoms with Gasteiger partial charge in [0, 0.05) is 127 Å². The van der Waals surface area contributed by atoms with Crippen LogP contribution in [0.25, 0.3) is 273 Å². The van der Waals surface area contributed by atoms with Crippen molar-refractivity contribution in [1.82, 2.24) is 44.9 Å². The van der Waals surface area contributed by atoms with E-state index in [4.69, 9.17) is 44.9 Å². The van der Waals surface area contributed by atoms with Gasteiger partial charge in [0.05, 0.1) is 0 Å². The van der Waals surface area contributed by atoms with Crippen LogP contribution in [0, 0.1) is 0 Å². The molecule has 0 spiro atoms. The molecule has 0 aliphatic carbocycles. The Morgan fingerprint density at radius 2 is 0.327 bits per heavy atom. The van der Waals surface area contributed by atoms with Crippen molar-refractivity contribution >= 4 is 127 Å². The van der Waals surface area contributed by atoms with Gasteiger partial charge in [-0.15, -0.1) is 34.0 Å². The van der Waals surface area contributed by atoms with Gasteiger partial charge in [-0.25, -0.2) is 44.9 Å². The zero-order valence-corrected chi connectivity index (χ0v) is 81.8. The molecule has 12 heteroatoms. The molecule has 0 aliphatic heterocycles. The molecule has 0 fully saturated rings. The van der Waals surface area contributed by atoms with Crippen molar-refractivity contribution < 1.29 is 0 Å². The first-order valence-electron chi connectivity index (χ1n) is 49.2. The fraction of sp³-hybridized carbons (Fsp3) is 0. The molecule has 0 unspecified atom stereocenters. The van der Waals surface area contributed by atoms with Crippen LogP contribution in [0.1, 0.15) is 0 Å². The third kappa shape index (κ3) is 17.6. The highest BCUT2D eigenvalue weighted by Gasteiger charge is 2.23. The van der Waals surface area contributed by atoms with Crippen molar-refractivity contribution in [2.45, 2.75) is 0 Å². The summed E-state index contributed by atoms with van der Waals surface area (Å²) in [7, 11) is 0. The lowest BCUT2D eigenvalue weighted by atomic mass is 9.94. The second-order valence-electron chi connectivity index (χ2n) is 36.5. The second-order valence-corrected chi connectivity index (χ2v) is 39.7. The van der Waals surface area contributed by atoms with Crippen molar-refractivity contribution in [3.05, 3.63) is 516 Å². The minimum absolute atomic E-state index is 0.641. The standard InChI is InChI=1S/C49H31N3S.2C43H27N3S/c1-3-11-32(12-4-1)33-21-23-34(24-22-33)39-16-9-17-40(31-39)49-51-47(37-13-5-2-6-14-37)50-48(52-49)38-27-25-35(26-28-38)41-19-10-15-36-29-30-43-42-18-7-8-20-44(42)53-46(43)45(36)41;1-3-12-28(13-4-1)41-44-42(29-14-5-2-6-15-29)46-43(45-41)33-19-10-17-31(27-33)30-16-9-18-32(26-30)34-21-11-22-37-35(34)24-25-38-36-20-7-8-23-39(36)47-40(37)38;1-3-11-28(12-4-1)32-15-9-16-33(27-32)43-45-41(30-13-5-2-6-14-30)44-42(46-43)31-23-21-29(22-24-31)34-18-10-19-37-35(34)25-26-38-36-17-7-8-20-39(36)47-40(37)38/h1-31H;2*1-27H. The van der Waals surface area contributed by atoms with Gasteiger partial charge < -0.3 is 0 Å².